The van der Waals surface area contributed by atoms with Crippen molar-refractivity contribution in [2.45, 2.75) is 12.4 Å². The van der Waals surface area contributed by atoms with E-state index in [2.05, 4.69) is 10.0 Å². The van der Waals surface area contributed by atoms with Crippen molar-refractivity contribution < 1.29 is 41.7 Å². The molecule has 0 heterocycles. The summed E-state index contributed by atoms with van der Waals surface area (Å²) in [6.07, 6.45) is 0. The first-order valence-electron chi connectivity index (χ1n) is 13.7. The van der Waals surface area contributed by atoms with Crippen LogP contribution in [0.1, 0.15) is 31.8 Å². The molecule has 5 aromatic rings. The summed E-state index contributed by atoms with van der Waals surface area (Å²) in [5.74, 6) is -4.33. The third-order valence-electron chi connectivity index (χ3n) is 6.86. The van der Waals surface area contributed by atoms with Gasteiger partial charge in [-0.2, -0.15) is 0 Å². The number of benzene rings is 5. The van der Waals surface area contributed by atoms with Crippen molar-refractivity contribution in [3.63, 3.8) is 0 Å². The highest BCUT2D eigenvalue weighted by atomic mass is 32.2. The number of ether oxygens (including phenoxy) is 1. The van der Waals surface area contributed by atoms with Crippen LogP contribution >= 0.6 is 0 Å². The van der Waals surface area contributed by atoms with E-state index in [1.165, 1.54) is 54.6 Å². The highest BCUT2D eigenvalue weighted by Crippen LogP contribution is 2.27. The molecule has 0 radical (unpaired) electrons. The number of phenols is 1. The lowest BCUT2D eigenvalue weighted by molar-refractivity contribution is 0.0695. The van der Waals surface area contributed by atoms with Crippen LogP contribution < -0.4 is 14.8 Å². The van der Waals surface area contributed by atoms with E-state index in [4.69, 9.17) is 4.74 Å². The Morgan fingerprint density at radius 2 is 1.43 bits per heavy atom. The normalized spacial score (nSPS) is 11.1. The summed E-state index contributed by atoms with van der Waals surface area (Å²) in [6.45, 7) is -0.445. The van der Waals surface area contributed by atoms with Crippen molar-refractivity contribution in [2.24, 2.45) is 0 Å². The van der Waals surface area contributed by atoms with E-state index in [-0.39, 0.29) is 39.6 Å². The van der Waals surface area contributed by atoms with Gasteiger partial charge in [-0.3, -0.25) is 9.52 Å². The number of aromatic hydroxyl groups is 1. The van der Waals surface area contributed by atoms with Crippen molar-refractivity contribution in [3.8, 4) is 22.6 Å². The third-order valence-corrected chi connectivity index (χ3v) is 8.08. The molecule has 1 amide bonds. The maximum atomic E-state index is 15.2. The fraction of sp³-hybridized carbons (Fsp3) is 0.0588. The molecule has 0 aliphatic heterocycles. The SMILES string of the molecule is O=C(Nc1ccc(OCc2cccc(NS(=O)(=O)Cc3ccccc3C(=O)O)c2F)c(F)c1)c1ccc(-c2ccc(O)cc2)cc1. The predicted molar refractivity (Wildman–Crippen MR) is 168 cm³/mol. The largest absolute Gasteiger partial charge is 0.508 e. The number of aromatic carboxylic acids is 1. The zero-order valence-electron chi connectivity index (χ0n) is 23.9. The number of nitrogens with one attached hydrogen (secondary N) is 2. The van der Waals surface area contributed by atoms with Gasteiger partial charge in [-0.05, 0) is 65.2 Å². The number of carboxylic acids is 1. The van der Waals surface area contributed by atoms with E-state index in [1.54, 1.807) is 48.5 Å². The van der Waals surface area contributed by atoms with E-state index < -0.39 is 45.9 Å². The van der Waals surface area contributed by atoms with Gasteiger partial charge in [0.25, 0.3) is 5.91 Å². The van der Waals surface area contributed by atoms with Gasteiger partial charge < -0.3 is 20.3 Å². The van der Waals surface area contributed by atoms with Gasteiger partial charge in [-0.15, -0.1) is 0 Å². The maximum Gasteiger partial charge on any atom is 0.335 e. The van der Waals surface area contributed by atoms with Crippen LogP contribution in [-0.4, -0.2) is 30.5 Å². The van der Waals surface area contributed by atoms with Crippen molar-refractivity contribution in [1.82, 2.24) is 0 Å². The highest BCUT2D eigenvalue weighted by Gasteiger charge is 2.20. The lowest BCUT2D eigenvalue weighted by Crippen LogP contribution is -2.18. The Labute approximate surface area is 262 Å². The second kappa shape index (κ2) is 13.5. The molecule has 0 unspecified atom stereocenters. The number of sulfonamides is 1. The van der Waals surface area contributed by atoms with Gasteiger partial charge in [0.2, 0.25) is 10.0 Å². The monoisotopic (exact) mass is 644 g/mol. The Kier molecular flexibility index (Phi) is 9.29. The van der Waals surface area contributed by atoms with Crippen LogP contribution in [-0.2, 0) is 22.4 Å². The predicted octanol–water partition coefficient (Wildman–Crippen LogP) is 6.81. The number of hydrogen-bond acceptors (Lipinski definition) is 6. The van der Waals surface area contributed by atoms with Gasteiger partial charge in [-0.25, -0.2) is 22.0 Å². The fourth-order valence-corrected chi connectivity index (χ4v) is 5.78. The summed E-state index contributed by atoms with van der Waals surface area (Å²) in [6, 6.07) is 26.6. The van der Waals surface area contributed by atoms with E-state index in [1.807, 2.05) is 0 Å². The first kappa shape index (κ1) is 31.7. The maximum absolute atomic E-state index is 15.2. The topological polar surface area (TPSA) is 142 Å². The molecule has 5 aromatic carbocycles. The molecule has 234 valence electrons. The smallest absolute Gasteiger partial charge is 0.335 e. The van der Waals surface area contributed by atoms with Gasteiger partial charge in [0.05, 0.1) is 17.0 Å². The lowest BCUT2D eigenvalue weighted by Gasteiger charge is -2.14. The number of phenolic OH excluding ortho intramolecular Hbond substituents is 1. The Hall–Kier alpha value is -5.75. The van der Waals surface area contributed by atoms with Crippen LogP contribution in [0.15, 0.2) is 109 Å². The number of anilines is 2. The van der Waals surface area contributed by atoms with Gasteiger partial charge >= 0.3 is 5.97 Å². The van der Waals surface area contributed by atoms with Crippen LogP contribution in [0.5, 0.6) is 11.5 Å². The Bertz CT molecular complexity index is 2020. The summed E-state index contributed by atoms with van der Waals surface area (Å²) >= 11 is 0. The molecule has 12 heteroatoms. The quantitative estimate of drug-likeness (QED) is 0.124. The number of hydrogen-bond donors (Lipinski definition) is 4. The number of carboxylic acid groups (broad SMARTS) is 1. The summed E-state index contributed by atoms with van der Waals surface area (Å²) in [5.41, 5.74) is 1.57. The summed E-state index contributed by atoms with van der Waals surface area (Å²) < 4.78 is 63.1. The number of rotatable bonds is 11. The van der Waals surface area contributed by atoms with E-state index in [9.17, 15) is 32.6 Å². The van der Waals surface area contributed by atoms with Gasteiger partial charge in [-0.1, -0.05) is 54.6 Å². The Morgan fingerprint density at radius 3 is 2.11 bits per heavy atom. The van der Waals surface area contributed by atoms with Crippen molar-refractivity contribution in [3.05, 3.63) is 143 Å². The highest BCUT2D eigenvalue weighted by molar-refractivity contribution is 7.91. The Balaban J connectivity index is 1.21. The van der Waals surface area contributed by atoms with Crippen molar-refractivity contribution >= 4 is 33.3 Å². The van der Waals surface area contributed by atoms with Gasteiger partial charge in [0.1, 0.15) is 12.4 Å². The molecule has 0 spiro atoms. The molecule has 0 atom stereocenters. The minimum Gasteiger partial charge on any atom is -0.508 e. The number of carbonyl (C=O) groups excluding carboxylic acids is 1. The molecule has 0 aliphatic rings. The van der Waals surface area contributed by atoms with Gasteiger partial charge in [0, 0.05) is 22.9 Å². The molecule has 5 rings (SSSR count). The first-order valence-corrected chi connectivity index (χ1v) is 15.4. The lowest BCUT2D eigenvalue weighted by atomic mass is 10.0. The van der Waals surface area contributed by atoms with E-state index >= 15 is 4.39 Å². The molecule has 9 nitrogen and oxygen atoms in total. The standard InChI is InChI=1S/C34H26F2N2O7S/c35-29-18-26(37-33(40)23-10-8-21(9-11-23)22-12-15-27(39)16-13-22)14-17-31(29)45-19-24-5-3-7-30(32(24)36)38-46(43,44)20-25-4-1-2-6-28(25)34(41)42/h1-18,38-39H,19-20H2,(H,37,40)(H,41,42). The Morgan fingerprint density at radius 1 is 0.783 bits per heavy atom. The summed E-state index contributed by atoms with van der Waals surface area (Å²) in [5, 5.41) is 21.4. The van der Waals surface area contributed by atoms with Crippen LogP contribution in [0.2, 0.25) is 0 Å². The van der Waals surface area contributed by atoms with Crippen molar-refractivity contribution in [1.29, 1.82) is 0 Å². The fourth-order valence-electron chi connectivity index (χ4n) is 4.56. The second-order valence-electron chi connectivity index (χ2n) is 10.1. The minimum atomic E-state index is -4.21. The van der Waals surface area contributed by atoms with Crippen LogP contribution in [0.3, 0.4) is 0 Å². The minimum absolute atomic E-state index is 0.0287. The average Bonchev–Trinajstić information content (AvgIpc) is 3.02. The molecule has 0 aliphatic carbocycles. The van der Waals surface area contributed by atoms with E-state index in [0.717, 1.165) is 17.2 Å². The zero-order valence-corrected chi connectivity index (χ0v) is 24.7. The molecular formula is C34H26F2N2O7S. The number of amides is 1. The first-order chi connectivity index (χ1) is 22.0. The molecule has 46 heavy (non-hydrogen) atoms. The molecule has 4 N–H and O–H groups in total. The summed E-state index contributed by atoms with van der Waals surface area (Å²) in [7, 11) is -4.21. The van der Waals surface area contributed by atoms with Crippen LogP contribution in [0, 0.1) is 11.6 Å². The number of carbonyl (C=O) groups is 2. The van der Waals surface area contributed by atoms with E-state index in [0.29, 0.717) is 5.56 Å². The molecular weight excluding hydrogens is 618 g/mol. The third kappa shape index (κ3) is 7.66. The number of halogens is 2. The molecule has 0 bridgehead atoms. The second-order valence-corrected chi connectivity index (χ2v) is 11.8. The van der Waals surface area contributed by atoms with Crippen LogP contribution in [0.4, 0.5) is 20.2 Å². The van der Waals surface area contributed by atoms with Gasteiger partial charge in [0.15, 0.2) is 17.4 Å². The molecule has 0 aromatic heterocycles. The summed E-state index contributed by atoms with van der Waals surface area (Å²) in [4.78, 5) is 24.1. The molecule has 0 saturated heterocycles. The average molecular weight is 645 g/mol. The van der Waals surface area contributed by atoms with Crippen LogP contribution in [0.25, 0.3) is 11.1 Å². The van der Waals surface area contributed by atoms with Crippen molar-refractivity contribution in [2.75, 3.05) is 10.0 Å². The molecule has 0 saturated carbocycles. The molecule has 0 fully saturated rings. The zero-order chi connectivity index (χ0) is 32.8.